The third-order valence-electron chi connectivity index (χ3n) is 0.708. The Bertz CT molecular complexity index is 145. The molecule has 0 bridgehead atoms. The molecule has 0 fully saturated rings. The van der Waals surface area contributed by atoms with E-state index in [0.717, 1.165) is 5.76 Å². The van der Waals surface area contributed by atoms with Crippen molar-refractivity contribution < 1.29 is 23.9 Å². The van der Waals surface area contributed by atoms with Crippen LogP contribution in [0.3, 0.4) is 0 Å². The van der Waals surface area contributed by atoms with Crippen LogP contribution in [-0.4, -0.2) is 0 Å². The molecule has 8 heavy (non-hydrogen) atoms. The third-order valence-corrected chi connectivity index (χ3v) is 0.911. The van der Waals surface area contributed by atoms with E-state index >= 15 is 0 Å². The van der Waals surface area contributed by atoms with Gasteiger partial charge < -0.3 is 4.42 Å². The Morgan fingerprint density at radius 2 is 2.12 bits per heavy atom. The normalized spacial score (nSPS) is 8.25. The number of furan rings is 1. The number of rotatable bonds is 0. The molecular weight excluding hydrogens is 177 g/mol. The first-order chi connectivity index (χ1) is 3.29. The largest absolute Gasteiger partial charge is 0.450 e. The van der Waals surface area contributed by atoms with Gasteiger partial charge in [-0.3, -0.25) is 0 Å². The second-order valence-electron chi connectivity index (χ2n) is 1.35. The number of halogens is 1. The van der Waals surface area contributed by atoms with Crippen molar-refractivity contribution in [2.75, 3.05) is 0 Å². The standard InChI is InChI=1S/C5H5ClO.Zn/c1-4-2-3-5(6)7-4;/h2-3H,1H3;. The van der Waals surface area contributed by atoms with Gasteiger partial charge in [0.05, 0.1) is 0 Å². The van der Waals surface area contributed by atoms with Gasteiger partial charge in [0.15, 0.2) is 5.22 Å². The topological polar surface area (TPSA) is 13.1 Å². The first kappa shape index (κ1) is 8.19. The molecule has 40 valence electrons. The fourth-order valence-corrected chi connectivity index (χ4v) is 0.589. The van der Waals surface area contributed by atoms with Crippen molar-refractivity contribution in [2.45, 2.75) is 6.92 Å². The molecule has 0 aromatic carbocycles. The summed E-state index contributed by atoms with van der Waals surface area (Å²) in [4.78, 5) is 0. The molecule has 0 saturated carbocycles. The molecule has 0 aliphatic carbocycles. The molecule has 0 amide bonds. The smallest absolute Gasteiger partial charge is 0.193 e. The van der Waals surface area contributed by atoms with E-state index in [1.165, 1.54) is 0 Å². The van der Waals surface area contributed by atoms with Crippen molar-refractivity contribution >= 4 is 11.6 Å². The van der Waals surface area contributed by atoms with Gasteiger partial charge in [0.1, 0.15) is 5.76 Å². The molecule has 0 saturated heterocycles. The molecule has 0 N–H and O–H groups in total. The van der Waals surface area contributed by atoms with Gasteiger partial charge >= 0.3 is 0 Å². The summed E-state index contributed by atoms with van der Waals surface area (Å²) in [7, 11) is 0. The summed E-state index contributed by atoms with van der Waals surface area (Å²) in [6.45, 7) is 1.85. The Labute approximate surface area is 65.8 Å². The van der Waals surface area contributed by atoms with Crippen molar-refractivity contribution in [3.63, 3.8) is 0 Å². The van der Waals surface area contributed by atoms with Gasteiger partial charge in [-0.25, -0.2) is 0 Å². The minimum Gasteiger partial charge on any atom is -0.450 e. The SMILES string of the molecule is Cc1ccc(Cl)o1.[Zn]. The zero-order chi connectivity index (χ0) is 5.28. The van der Waals surface area contributed by atoms with Crippen LogP contribution in [0.5, 0.6) is 0 Å². The van der Waals surface area contributed by atoms with E-state index in [4.69, 9.17) is 16.0 Å². The summed E-state index contributed by atoms with van der Waals surface area (Å²) in [5.41, 5.74) is 0. The van der Waals surface area contributed by atoms with Gasteiger partial charge in [0.2, 0.25) is 0 Å². The second-order valence-corrected chi connectivity index (χ2v) is 1.72. The van der Waals surface area contributed by atoms with Crippen molar-refractivity contribution in [1.29, 1.82) is 0 Å². The fourth-order valence-electron chi connectivity index (χ4n) is 0.405. The first-order valence-electron chi connectivity index (χ1n) is 2.01. The second kappa shape index (κ2) is 3.26. The monoisotopic (exact) mass is 180 g/mol. The van der Waals surface area contributed by atoms with Crippen LogP contribution in [-0.2, 0) is 19.5 Å². The van der Waals surface area contributed by atoms with Crippen molar-refractivity contribution in [3.8, 4) is 0 Å². The minimum absolute atomic E-state index is 0. The molecule has 1 nitrogen and oxygen atoms in total. The van der Waals surface area contributed by atoms with Crippen LogP contribution in [0, 0.1) is 6.92 Å². The minimum atomic E-state index is 0. The maximum absolute atomic E-state index is 5.39. The van der Waals surface area contributed by atoms with Crippen LogP contribution in [0.4, 0.5) is 0 Å². The summed E-state index contributed by atoms with van der Waals surface area (Å²) in [6, 6.07) is 3.54. The Morgan fingerprint density at radius 1 is 1.50 bits per heavy atom. The van der Waals surface area contributed by atoms with E-state index in [0.29, 0.717) is 5.22 Å². The number of aryl methyl sites for hydroxylation is 1. The maximum Gasteiger partial charge on any atom is 0.193 e. The molecule has 1 heterocycles. The van der Waals surface area contributed by atoms with Gasteiger partial charge in [-0.1, -0.05) is 0 Å². The van der Waals surface area contributed by atoms with Crippen LogP contribution >= 0.6 is 11.6 Å². The van der Waals surface area contributed by atoms with Crippen molar-refractivity contribution in [2.24, 2.45) is 0 Å². The molecule has 0 aliphatic heterocycles. The molecule has 0 atom stereocenters. The van der Waals surface area contributed by atoms with Gasteiger partial charge in [-0.2, -0.15) is 0 Å². The summed E-state index contributed by atoms with van der Waals surface area (Å²) in [5, 5.41) is 0.456. The quantitative estimate of drug-likeness (QED) is 0.560. The van der Waals surface area contributed by atoms with Crippen molar-refractivity contribution in [1.82, 2.24) is 0 Å². The molecule has 0 unspecified atom stereocenters. The van der Waals surface area contributed by atoms with Crippen LogP contribution in [0.25, 0.3) is 0 Å². The predicted molar refractivity (Wildman–Crippen MR) is 28.5 cm³/mol. The Balaban J connectivity index is 0.000000490. The summed E-state index contributed by atoms with van der Waals surface area (Å²) in [5.74, 6) is 0.852. The van der Waals surface area contributed by atoms with Gasteiger partial charge in [-0.05, 0) is 30.7 Å². The van der Waals surface area contributed by atoms with Crippen molar-refractivity contribution in [3.05, 3.63) is 23.1 Å². The van der Waals surface area contributed by atoms with E-state index in [9.17, 15) is 0 Å². The van der Waals surface area contributed by atoms with Gasteiger partial charge in [-0.15, -0.1) is 0 Å². The molecule has 1 rings (SSSR count). The zero-order valence-electron chi connectivity index (χ0n) is 4.65. The average molecular weight is 182 g/mol. The molecular formula is C5H5ClOZn. The molecule has 0 radical (unpaired) electrons. The Morgan fingerprint density at radius 3 is 2.25 bits per heavy atom. The third kappa shape index (κ3) is 1.98. The van der Waals surface area contributed by atoms with Crippen LogP contribution in [0.1, 0.15) is 5.76 Å². The Kier molecular flexibility index (Phi) is 3.34. The molecule has 1 aromatic heterocycles. The predicted octanol–water partition coefficient (Wildman–Crippen LogP) is 2.24. The number of hydrogen-bond acceptors (Lipinski definition) is 1. The van der Waals surface area contributed by atoms with E-state index < -0.39 is 0 Å². The maximum atomic E-state index is 5.39. The Hall–Kier alpha value is 0.193. The van der Waals surface area contributed by atoms with E-state index in [1.54, 1.807) is 6.07 Å². The van der Waals surface area contributed by atoms with Gasteiger partial charge in [0, 0.05) is 19.5 Å². The van der Waals surface area contributed by atoms with Gasteiger partial charge in [0.25, 0.3) is 0 Å². The van der Waals surface area contributed by atoms with E-state index in [-0.39, 0.29) is 19.5 Å². The summed E-state index contributed by atoms with van der Waals surface area (Å²) < 4.78 is 4.85. The van der Waals surface area contributed by atoms with Crippen LogP contribution in [0.15, 0.2) is 16.5 Å². The van der Waals surface area contributed by atoms with E-state index in [2.05, 4.69) is 0 Å². The zero-order valence-corrected chi connectivity index (χ0v) is 8.37. The van der Waals surface area contributed by atoms with Crippen LogP contribution in [0.2, 0.25) is 5.22 Å². The van der Waals surface area contributed by atoms with Crippen LogP contribution < -0.4 is 0 Å². The molecule has 0 aliphatic rings. The summed E-state index contributed by atoms with van der Waals surface area (Å²) in [6.07, 6.45) is 0. The molecule has 3 heteroatoms. The summed E-state index contributed by atoms with van der Waals surface area (Å²) >= 11 is 5.39. The first-order valence-corrected chi connectivity index (χ1v) is 2.39. The fraction of sp³-hybridized carbons (Fsp3) is 0.200. The molecule has 0 spiro atoms. The van der Waals surface area contributed by atoms with E-state index in [1.807, 2.05) is 13.0 Å². The molecule has 1 aromatic rings. The average Bonchev–Trinajstić information content (AvgIpc) is 1.87. The number of hydrogen-bond donors (Lipinski definition) is 0.